The van der Waals surface area contributed by atoms with Crippen molar-refractivity contribution >= 4 is 5.57 Å². The van der Waals surface area contributed by atoms with Crippen molar-refractivity contribution in [3.63, 3.8) is 0 Å². The van der Waals surface area contributed by atoms with Gasteiger partial charge in [-0.1, -0.05) is 38.3 Å². The maximum atomic E-state index is 5.53. The summed E-state index contributed by atoms with van der Waals surface area (Å²) in [5, 5.41) is 0. The van der Waals surface area contributed by atoms with Gasteiger partial charge in [0.15, 0.2) is 11.5 Å². The van der Waals surface area contributed by atoms with E-state index >= 15 is 0 Å². The monoisotopic (exact) mass is 408 g/mol. The summed E-state index contributed by atoms with van der Waals surface area (Å²) in [6.45, 7) is 12.9. The molecular weight excluding hydrogens is 376 g/mol. The van der Waals surface area contributed by atoms with Crippen LogP contribution in [0.4, 0.5) is 0 Å². The van der Waals surface area contributed by atoms with Crippen LogP contribution in [0.3, 0.4) is 0 Å². The summed E-state index contributed by atoms with van der Waals surface area (Å²) in [6, 6.07) is 9.68. The van der Waals surface area contributed by atoms with Gasteiger partial charge in [0.2, 0.25) is 5.75 Å². The minimum Gasteiger partial charge on any atom is -0.495 e. The fourth-order valence-corrected chi connectivity index (χ4v) is 2.79. The van der Waals surface area contributed by atoms with Gasteiger partial charge in [-0.15, -0.1) is 0 Å². The maximum Gasteiger partial charge on any atom is 0.203 e. The zero-order valence-corrected chi connectivity index (χ0v) is 19.3. The molecule has 0 fully saturated rings. The Balaban J connectivity index is 2.53. The quantitative estimate of drug-likeness (QED) is 0.541. The Bertz CT molecular complexity index is 949. The predicted molar refractivity (Wildman–Crippen MR) is 123 cm³/mol. The smallest absolute Gasteiger partial charge is 0.203 e. The molecule has 0 unspecified atom stereocenters. The van der Waals surface area contributed by atoms with Crippen LogP contribution >= 0.6 is 0 Å². The molecule has 0 saturated carbocycles. The van der Waals surface area contributed by atoms with E-state index in [0.717, 1.165) is 28.0 Å². The highest BCUT2D eigenvalue weighted by Gasteiger charge is 2.19. The fraction of sp³-hybridized carbons (Fsp3) is 0.385. The van der Waals surface area contributed by atoms with Crippen molar-refractivity contribution in [2.24, 2.45) is 11.3 Å². The lowest BCUT2D eigenvalue weighted by Gasteiger charge is -2.22. The van der Waals surface area contributed by atoms with E-state index in [-0.39, 0.29) is 5.41 Å². The molecule has 0 amide bonds. The van der Waals surface area contributed by atoms with E-state index < -0.39 is 0 Å². The summed E-state index contributed by atoms with van der Waals surface area (Å²) >= 11 is 0. The van der Waals surface area contributed by atoms with E-state index in [1.54, 1.807) is 28.4 Å². The molecule has 0 aliphatic heterocycles. The summed E-state index contributed by atoms with van der Waals surface area (Å²) in [5.41, 5.74) is 3.36. The second kappa shape index (κ2) is 9.63. The van der Waals surface area contributed by atoms with E-state index in [4.69, 9.17) is 18.9 Å². The van der Waals surface area contributed by atoms with Crippen molar-refractivity contribution in [3.8, 4) is 34.8 Å². The molecule has 2 aromatic carbocycles. The van der Waals surface area contributed by atoms with Gasteiger partial charge >= 0.3 is 0 Å². The molecule has 0 aliphatic carbocycles. The molecule has 0 aromatic heterocycles. The second-order valence-corrected chi connectivity index (χ2v) is 7.93. The van der Waals surface area contributed by atoms with Crippen LogP contribution in [0.25, 0.3) is 5.57 Å². The molecule has 0 bridgehead atoms. The molecule has 0 saturated heterocycles. The van der Waals surface area contributed by atoms with E-state index in [1.807, 2.05) is 30.3 Å². The van der Waals surface area contributed by atoms with Crippen molar-refractivity contribution in [2.45, 2.75) is 27.7 Å². The molecular formula is C26H32O4. The molecule has 2 aromatic rings. The third-order valence-corrected chi connectivity index (χ3v) is 5.52. The number of methoxy groups -OCH3 is 4. The van der Waals surface area contributed by atoms with Gasteiger partial charge in [-0.3, -0.25) is 0 Å². The molecule has 0 aliphatic rings. The molecule has 4 heteroatoms. The van der Waals surface area contributed by atoms with Crippen LogP contribution in [0.15, 0.2) is 36.9 Å². The largest absolute Gasteiger partial charge is 0.495 e. The average molecular weight is 409 g/mol. The zero-order chi connectivity index (χ0) is 22.5. The second-order valence-electron chi connectivity index (χ2n) is 7.93. The standard InChI is InChI=1S/C26H32O4/c1-17(2)26(4,5)13-12-20-14-19(10-11-22(20)27-6)18(3)21-15-23(28-7)25(30-9)24(16-21)29-8/h10-11,14-17H,3H2,1-2,4-9H3. The van der Waals surface area contributed by atoms with E-state index in [0.29, 0.717) is 23.2 Å². The first-order valence-electron chi connectivity index (χ1n) is 9.89. The Morgan fingerprint density at radius 2 is 1.40 bits per heavy atom. The van der Waals surface area contributed by atoms with Crippen LogP contribution in [0.2, 0.25) is 0 Å². The van der Waals surface area contributed by atoms with Gasteiger partial charge in [-0.2, -0.15) is 0 Å². The van der Waals surface area contributed by atoms with Crippen LogP contribution in [0, 0.1) is 23.2 Å². The van der Waals surface area contributed by atoms with Crippen molar-refractivity contribution < 1.29 is 18.9 Å². The van der Waals surface area contributed by atoms with Gasteiger partial charge in [0.1, 0.15) is 5.75 Å². The Labute approximate surface area is 180 Å². The van der Waals surface area contributed by atoms with Crippen LogP contribution in [-0.2, 0) is 0 Å². The van der Waals surface area contributed by atoms with Crippen molar-refractivity contribution in [2.75, 3.05) is 28.4 Å². The van der Waals surface area contributed by atoms with Crippen LogP contribution < -0.4 is 18.9 Å². The lowest BCUT2D eigenvalue weighted by atomic mass is 9.82. The normalized spacial score (nSPS) is 10.8. The van der Waals surface area contributed by atoms with Gasteiger partial charge in [-0.25, -0.2) is 0 Å². The van der Waals surface area contributed by atoms with Gasteiger partial charge in [0.25, 0.3) is 0 Å². The molecule has 0 N–H and O–H groups in total. The third-order valence-electron chi connectivity index (χ3n) is 5.52. The minimum atomic E-state index is -0.102. The molecule has 0 spiro atoms. The van der Waals surface area contributed by atoms with E-state index in [1.165, 1.54) is 0 Å². The molecule has 0 atom stereocenters. The fourth-order valence-electron chi connectivity index (χ4n) is 2.79. The first kappa shape index (κ1) is 23.2. The summed E-state index contributed by atoms with van der Waals surface area (Å²) in [6.07, 6.45) is 0. The Hall–Kier alpha value is -3.06. The number of hydrogen-bond acceptors (Lipinski definition) is 4. The lowest BCUT2D eigenvalue weighted by Crippen LogP contribution is -2.16. The number of rotatable bonds is 7. The Morgan fingerprint density at radius 3 is 1.87 bits per heavy atom. The first-order valence-corrected chi connectivity index (χ1v) is 9.89. The lowest BCUT2D eigenvalue weighted by molar-refractivity contribution is 0.324. The maximum absolute atomic E-state index is 5.53. The topological polar surface area (TPSA) is 36.9 Å². The minimum absolute atomic E-state index is 0.102. The number of hydrogen-bond donors (Lipinski definition) is 0. The predicted octanol–water partition coefficient (Wildman–Crippen LogP) is 5.82. The van der Waals surface area contributed by atoms with Crippen molar-refractivity contribution in [1.29, 1.82) is 0 Å². The molecule has 0 radical (unpaired) electrons. The molecule has 2 rings (SSSR count). The van der Waals surface area contributed by atoms with Crippen LogP contribution in [0.1, 0.15) is 44.4 Å². The van der Waals surface area contributed by atoms with E-state index in [2.05, 4.69) is 46.1 Å². The Kier molecular flexibility index (Phi) is 7.45. The van der Waals surface area contributed by atoms with Gasteiger partial charge in [0, 0.05) is 5.41 Å². The number of benzene rings is 2. The molecule has 4 nitrogen and oxygen atoms in total. The third kappa shape index (κ3) is 4.91. The van der Waals surface area contributed by atoms with E-state index in [9.17, 15) is 0 Å². The first-order chi connectivity index (χ1) is 14.2. The van der Waals surface area contributed by atoms with Crippen LogP contribution in [0.5, 0.6) is 23.0 Å². The van der Waals surface area contributed by atoms with Crippen molar-refractivity contribution in [1.82, 2.24) is 0 Å². The summed E-state index contributed by atoms with van der Waals surface area (Å²) in [4.78, 5) is 0. The van der Waals surface area contributed by atoms with Gasteiger partial charge in [0.05, 0.1) is 34.0 Å². The Morgan fingerprint density at radius 1 is 0.833 bits per heavy atom. The average Bonchev–Trinajstić information content (AvgIpc) is 2.75. The highest BCUT2D eigenvalue weighted by Crippen LogP contribution is 2.41. The molecule has 0 heterocycles. The van der Waals surface area contributed by atoms with Gasteiger partial charge in [-0.05, 0) is 60.7 Å². The molecule has 160 valence electrons. The highest BCUT2D eigenvalue weighted by molar-refractivity contribution is 5.81. The summed E-state index contributed by atoms with van der Waals surface area (Å²) in [7, 11) is 6.44. The SMILES string of the molecule is C=C(c1ccc(OC)c(C#CC(C)(C)C(C)C)c1)c1cc(OC)c(OC)c(OC)c1. The van der Waals surface area contributed by atoms with Crippen LogP contribution in [-0.4, -0.2) is 28.4 Å². The summed E-state index contributed by atoms with van der Waals surface area (Å²) < 4.78 is 21.9. The van der Waals surface area contributed by atoms with Gasteiger partial charge < -0.3 is 18.9 Å². The summed E-state index contributed by atoms with van der Waals surface area (Å²) in [5.74, 6) is 9.60. The van der Waals surface area contributed by atoms with Crippen molar-refractivity contribution in [3.05, 3.63) is 53.6 Å². The molecule has 30 heavy (non-hydrogen) atoms. The highest BCUT2D eigenvalue weighted by atomic mass is 16.5. The zero-order valence-electron chi connectivity index (χ0n) is 19.3. The number of ether oxygens (including phenoxy) is 4.